The zero-order valence-electron chi connectivity index (χ0n) is 11.8. The van der Waals surface area contributed by atoms with Crippen molar-refractivity contribution in [2.24, 2.45) is 5.92 Å². The molecule has 1 unspecified atom stereocenters. The van der Waals surface area contributed by atoms with Gasteiger partial charge in [-0.3, -0.25) is 4.79 Å². The Morgan fingerprint density at radius 2 is 2.25 bits per heavy atom. The number of benzene rings is 1. The van der Waals surface area contributed by atoms with Gasteiger partial charge in [0.15, 0.2) is 0 Å². The van der Waals surface area contributed by atoms with Crippen LogP contribution in [0, 0.1) is 12.8 Å². The number of ether oxygens (including phenoxy) is 1. The summed E-state index contributed by atoms with van der Waals surface area (Å²) in [6.45, 7) is 2.01. The number of carboxylic acid groups (broad SMARTS) is 1. The summed E-state index contributed by atoms with van der Waals surface area (Å²) < 4.78 is 5.60. The summed E-state index contributed by atoms with van der Waals surface area (Å²) >= 11 is 0. The van der Waals surface area contributed by atoms with E-state index in [4.69, 9.17) is 9.84 Å². The number of carbonyl (C=O) groups is 1. The topological polar surface area (TPSA) is 62.3 Å². The van der Waals surface area contributed by atoms with Crippen molar-refractivity contribution in [2.45, 2.75) is 32.1 Å². The minimum absolute atomic E-state index is 0.0575. The predicted molar refractivity (Wildman–Crippen MR) is 77.3 cm³/mol. The average molecular weight is 273 g/mol. The molecule has 2 N–H and O–H groups in total. The van der Waals surface area contributed by atoms with Crippen molar-refractivity contribution in [2.75, 3.05) is 7.11 Å². The second-order valence-corrected chi connectivity index (χ2v) is 5.64. The number of hydrogen-bond acceptors (Lipinski definition) is 2. The number of aliphatic carboxylic acids is 1. The Labute approximate surface area is 117 Å². The van der Waals surface area contributed by atoms with E-state index in [1.807, 2.05) is 19.1 Å². The number of nitrogens with one attached hydrogen (secondary N) is 1. The van der Waals surface area contributed by atoms with E-state index in [0.717, 1.165) is 40.8 Å². The molecule has 1 aliphatic rings. The molecule has 0 aliphatic heterocycles. The third-order valence-electron chi connectivity index (χ3n) is 4.11. The van der Waals surface area contributed by atoms with Gasteiger partial charge in [-0.05, 0) is 43.4 Å². The van der Waals surface area contributed by atoms with Crippen LogP contribution >= 0.6 is 0 Å². The number of methoxy groups -OCH3 is 1. The van der Waals surface area contributed by atoms with Crippen molar-refractivity contribution in [1.29, 1.82) is 0 Å². The van der Waals surface area contributed by atoms with Crippen LogP contribution in [-0.2, 0) is 4.79 Å². The van der Waals surface area contributed by atoms with E-state index in [2.05, 4.69) is 11.1 Å². The predicted octanol–water partition coefficient (Wildman–Crippen LogP) is 3.45. The van der Waals surface area contributed by atoms with Crippen molar-refractivity contribution < 1.29 is 14.6 Å². The molecule has 1 heterocycles. The Balaban J connectivity index is 2.10. The first-order valence-corrected chi connectivity index (χ1v) is 6.98. The molecule has 20 heavy (non-hydrogen) atoms. The molecule has 1 fully saturated rings. The number of rotatable bonds is 5. The lowest BCUT2D eigenvalue weighted by Crippen LogP contribution is -2.09. The van der Waals surface area contributed by atoms with Crippen LogP contribution in [0.2, 0.25) is 0 Å². The zero-order valence-corrected chi connectivity index (χ0v) is 11.8. The minimum Gasteiger partial charge on any atom is -0.496 e. The molecule has 2 aromatic rings. The summed E-state index contributed by atoms with van der Waals surface area (Å²) in [5.41, 5.74) is 3.15. The van der Waals surface area contributed by atoms with E-state index in [9.17, 15) is 4.79 Å². The SMILES string of the molecule is COc1c(C(CC(=O)O)C2CC2)ccc2[nH]c(C)cc12. The molecule has 0 saturated heterocycles. The second kappa shape index (κ2) is 4.85. The summed E-state index contributed by atoms with van der Waals surface area (Å²) in [7, 11) is 1.66. The van der Waals surface area contributed by atoms with Gasteiger partial charge in [-0.1, -0.05) is 6.07 Å². The monoisotopic (exact) mass is 273 g/mol. The molecule has 1 aromatic carbocycles. The van der Waals surface area contributed by atoms with Gasteiger partial charge in [0.2, 0.25) is 0 Å². The number of H-pyrrole nitrogens is 1. The number of aryl methyl sites for hydroxylation is 1. The average Bonchev–Trinajstić information content (AvgIpc) is 3.16. The summed E-state index contributed by atoms with van der Waals surface area (Å²) in [5.74, 6) is 0.624. The van der Waals surface area contributed by atoms with Crippen LogP contribution in [-0.4, -0.2) is 23.2 Å². The Kier molecular flexibility index (Phi) is 3.16. The normalized spacial score (nSPS) is 16.3. The van der Waals surface area contributed by atoms with Crippen LogP contribution in [0.25, 0.3) is 10.9 Å². The second-order valence-electron chi connectivity index (χ2n) is 5.64. The quantitative estimate of drug-likeness (QED) is 0.877. The zero-order chi connectivity index (χ0) is 14.3. The highest BCUT2D eigenvalue weighted by atomic mass is 16.5. The molecule has 106 valence electrons. The Hall–Kier alpha value is -1.97. The molecule has 1 aliphatic carbocycles. The van der Waals surface area contributed by atoms with E-state index >= 15 is 0 Å². The van der Waals surface area contributed by atoms with Gasteiger partial charge in [-0.2, -0.15) is 0 Å². The van der Waals surface area contributed by atoms with Gasteiger partial charge in [-0.15, -0.1) is 0 Å². The van der Waals surface area contributed by atoms with Crippen molar-refractivity contribution in [1.82, 2.24) is 4.98 Å². The lowest BCUT2D eigenvalue weighted by Gasteiger charge is -2.18. The van der Waals surface area contributed by atoms with E-state index in [0.29, 0.717) is 5.92 Å². The third kappa shape index (κ3) is 2.26. The fourth-order valence-corrected chi connectivity index (χ4v) is 3.07. The van der Waals surface area contributed by atoms with E-state index in [1.54, 1.807) is 7.11 Å². The van der Waals surface area contributed by atoms with Gasteiger partial charge in [0, 0.05) is 22.5 Å². The largest absolute Gasteiger partial charge is 0.496 e. The van der Waals surface area contributed by atoms with Crippen LogP contribution < -0.4 is 4.74 Å². The fourth-order valence-electron chi connectivity index (χ4n) is 3.07. The molecule has 4 heteroatoms. The van der Waals surface area contributed by atoms with Crippen LogP contribution in [0.3, 0.4) is 0 Å². The smallest absolute Gasteiger partial charge is 0.303 e. The number of aromatic amines is 1. The third-order valence-corrected chi connectivity index (χ3v) is 4.11. The maximum atomic E-state index is 11.1. The van der Waals surface area contributed by atoms with Crippen LogP contribution in [0.1, 0.15) is 36.4 Å². The molecule has 0 spiro atoms. The van der Waals surface area contributed by atoms with Gasteiger partial charge in [0.1, 0.15) is 5.75 Å². The van der Waals surface area contributed by atoms with Gasteiger partial charge < -0.3 is 14.8 Å². The molecule has 1 atom stereocenters. The molecule has 1 saturated carbocycles. The summed E-state index contributed by atoms with van der Waals surface area (Å²) in [5, 5.41) is 10.2. The van der Waals surface area contributed by atoms with Gasteiger partial charge in [0.25, 0.3) is 0 Å². The summed E-state index contributed by atoms with van der Waals surface area (Å²) in [6, 6.07) is 6.10. The lowest BCUT2D eigenvalue weighted by molar-refractivity contribution is -0.137. The van der Waals surface area contributed by atoms with Gasteiger partial charge >= 0.3 is 5.97 Å². The van der Waals surface area contributed by atoms with Crippen LogP contribution in [0.5, 0.6) is 5.75 Å². The Morgan fingerprint density at radius 1 is 1.50 bits per heavy atom. The first kappa shape index (κ1) is 13.0. The van der Waals surface area contributed by atoms with Gasteiger partial charge in [0.05, 0.1) is 13.5 Å². The van der Waals surface area contributed by atoms with Crippen LogP contribution in [0.15, 0.2) is 18.2 Å². The molecular weight excluding hydrogens is 254 g/mol. The molecule has 0 radical (unpaired) electrons. The molecular formula is C16H19NO3. The Morgan fingerprint density at radius 3 is 2.85 bits per heavy atom. The maximum absolute atomic E-state index is 11.1. The molecule has 4 nitrogen and oxygen atoms in total. The highest BCUT2D eigenvalue weighted by molar-refractivity contribution is 5.88. The number of hydrogen-bond donors (Lipinski definition) is 2. The highest BCUT2D eigenvalue weighted by Crippen LogP contribution is 2.48. The van der Waals surface area contributed by atoms with Crippen molar-refractivity contribution in [3.05, 3.63) is 29.5 Å². The van der Waals surface area contributed by atoms with Crippen LogP contribution in [0.4, 0.5) is 0 Å². The fraction of sp³-hybridized carbons (Fsp3) is 0.438. The van der Waals surface area contributed by atoms with Crippen molar-refractivity contribution in [3.8, 4) is 5.75 Å². The van der Waals surface area contributed by atoms with E-state index in [1.165, 1.54) is 0 Å². The Bertz CT molecular complexity index is 655. The summed E-state index contributed by atoms with van der Waals surface area (Å²) in [4.78, 5) is 14.4. The number of carboxylic acids is 1. The molecule has 0 bridgehead atoms. The van der Waals surface area contributed by atoms with Crippen molar-refractivity contribution in [3.63, 3.8) is 0 Å². The minimum atomic E-state index is -0.741. The van der Waals surface area contributed by atoms with E-state index in [-0.39, 0.29) is 12.3 Å². The lowest BCUT2D eigenvalue weighted by atomic mass is 9.89. The molecule has 1 aromatic heterocycles. The first-order chi connectivity index (χ1) is 9.60. The standard InChI is InChI=1S/C16H19NO3/c1-9-7-13-14(17-9)6-5-11(16(13)20-2)12(8-15(18)19)10-3-4-10/h5-7,10,12,17H,3-4,8H2,1-2H3,(H,18,19). The maximum Gasteiger partial charge on any atom is 0.303 e. The molecule has 0 amide bonds. The summed E-state index contributed by atoms with van der Waals surface area (Å²) in [6.07, 6.45) is 2.41. The highest BCUT2D eigenvalue weighted by Gasteiger charge is 2.35. The van der Waals surface area contributed by atoms with Crippen molar-refractivity contribution >= 4 is 16.9 Å². The molecule has 3 rings (SSSR count). The number of aromatic nitrogens is 1. The van der Waals surface area contributed by atoms with E-state index < -0.39 is 5.97 Å². The number of fused-ring (bicyclic) bond motifs is 1. The first-order valence-electron chi connectivity index (χ1n) is 6.98. The van der Waals surface area contributed by atoms with Gasteiger partial charge in [-0.25, -0.2) is 0 Å².